The Morgan fingerprint density at radius 3 is 2.60 bits per heavy atom. The first kappa shape index (κ1) is 11.8. The summed E-state index contributed by atoms with van der Waals surface area (Å²) >= 11 is 0. The lowest BCUT2D eigenvalue weighted by molar-refractivity contribution is -0.149. The van der Waals surface area contributed by atoms with E-state index in [2.05, 4.69) is 0 Å². The molecule has 0 bridgehead atoms. The van der Waals surface area contributed by atoms with Crippen molar-refractivity contribution in [2.45, 2.75) is 45.3 Å². The molecule has 1 heterocycles. The molecule has 86 valence electrons. The number of hydrogen-bond donors (Lipinski definition) is 1. The quantitative estimate of drug-likeness (QED) is 0.704. The van der Waals surface area contributed by atoms with E-state index in [-0.39, 0.29) is 11.4 Å². The van der Waals surface area contributed by atoms with Gasteiger partial charge in [-0.25, -0.2) is 4.79 Å². The Morgan fingerprint density at radius 2 is 2.13 bits per heavy atom. The Hall–Kier alpha value is -1.26. The van der Waals surface area contributed by atoms with Crippen molar-refractivity contribution >= 4 is 12.0 Å². The van der Waals surface area contributed by atoms with E-state index in [0.29, 0.717) is 13.0 Å². The van der Waals surface area contributed by atoms with E-state index < -0.39 is 12.2 Å². The highest BCUT2D eigenvalue weighted by molar-refractivity contribution is 5.84. The van der Waals surface area contributed by atoms with Crippen molar-refractivity contribution in [3.63, 3.8) is 0 Å². The van der Waals surface area contributed by atoms with Crippen LogP contribution in [0.2, 0.25) is 0 Å². The normalized spacial score (nSPS) is 22.7. The third-order valence-corrected chi connectivity index (χ3v) is 2.46. The Bertz CT molecular complexity index is 270. The van der Waals surface area contributed by atoms with Gasteiger partial charge in [-0.2, -0.15) is 0 Å². The van der Waals surface area contributed by atoms with E-state index >= 15 is 0 Å². The van der Waals surface area contributed by atoms with Gasteiger partial charge in [-0.3, -0.25) is 4.79 Å². The van der Waals surface area contributed by atoms with E-state index in [1.165, 1.54) is 0 Å². The van der Waals surface area contributed by atoms with Crippen LogP contribution in [0.25, 0.3) is 0 Å². The zero-order valence-corrected chi connectivity index (χ0v) is 9.45. The Morgan fingerprint density at radius 1 is 1.53 bits per heavy atom. The number of amides is 2. The fourth-order valence-corrected chi connectivity index (χ4v) is 1.76. The van der Waals surface area contributed by atoms with Gasteiger partial charge < -0.3 is 15.4 Å². The summed E-state index contributed by atoms with van der Waals surface area (Å²) in [6.45, 7) is 6.58. The van der Waals surface area contributed by atoms with Crippen molar-refractivity contribution in [2.24, 2.45) is 5.73 Å². The molecule has 1 atom stereocenters. The number of ether oxygens (including phenoxy) is 1. The van der Waals surface area contributed by atoms with Gasteiger partial charge in [0, 0.05) is 12.1 Å². The highest BCUT2D eigenvalue weighted by Crippen LogP contribution is 2.22. The largest absolute Gasteiger partial charge is 0.436 e. The second kappa shape index (κ2) is 4.08. The lowest BCUT2D eigenvalue weighted by Crippen LogP contribution is -2.54. The van der Waals surface area contributed by atoms with Gasteiger partial charge in [0.2, 0.25) is 0 Å². The second-order valence-corrected chi connectivity index (χ2v) is 4.73. The molecule has 2 N–H and O–H groups in total. The number of hydrogen-bond acceptors (Lipinski definition) is 3. The molecule has 1 rings (SSSR count). The van der Waals surface area contributed by atoms with Crippen molar-refractivity contribution in [3.8, 4) is 0 Å². The fraction of sp³-hybridized carbons (Fsp3) is 0.800. The fourth-order valence-electron chi connectivity index (χ4n) is 1.76. The molecule has 1 aliphatic rings. The van der Waals surface area contributed by atoms with Gasteiger partial charge in [-0.05, 0) is 33.6 Å². The van der Waals surface area contributed by atoms with Crippen LogP contribution in [0.5, 0.6) is 0 Å². The van der Waals surface area contributed by atoms with Crippen molar-refractivity contribution in [1.82, 2.24) is 4.90 Å². The van der Waals surface area contributed by atoms with Gasteiger partial charge in [-0.1, -0.05) is 0 Å². The average molecular weight is 214 g/mol. The van der Waals surface area contributed by atoms with E-state index in [1.54, 1.807) is 4.90 Å². The predicted octanol–water partition coefficient (Wildman–Crippen LogP) is 0.871. The maximum absolute atomic E-state index is 11.9. The lowest BCUT2D eigenvalue weighted by atomic mass is 9.99. The summed E-state index contributed by atoms with van der Waals surface area (Å²) < 4.78 is 4.78. The van der Waals surface area contributed by atoms with Gasteiger partial charge in [0.25, 0.3) is 5.91 Å². The number of rotatable bonds is 1. The van der Waals surface area contributed by atoms with Crippen LogP contribution in [0.1, 0.15) is 33.6 Å². The van der Waals surface area contributed by atoms with Gasteiger partial charge in [0.1, 0.15) is 0 Å². The van der Waals surface area contributed by atoms with Crippen LogP contribution < -0.4 is 5.73 Å². The summed E-state index contributed by atoms with van der Waals surface area (Å²) in [4.78, 5) is 24.2. The minimum atomic E-state index is -0.885. The number of nitrogens with two attached hydrogens (primary N) is 1. The number of likely N-dealkylation sites (tertiary alicyclic amines) is 1. The number of carbonyl (C=O) groups is 2. The number of carbonyl (C=O) groups excluding carboxylic acids is 2. The van der Waals surface area contributed by atoms with Gasteiger partial charge >= 0.3 is 6.09 Å². The monoisotopic (exact) mass is 214 g/mol. The maximum Gasteiger partial charge on any atom is 0.405 e. The summed E-state index contributed by atoms with van der Waals surface area (Å²) in [7, 11) is 0. The van der Waals surface area contributed by atoms with Crippen LogP contribution in [-0.2, 0) is 9.53 Å². The molecule has 5 heteroatoms. The summed E-state index contributed by atoms with van der Waals surface area (Å²) in [6.07, 6.45) is -0.186. The van der Waals surface area contributed by atoms with E-state index in [1.807, 2.05) is 20.8 Å². The first-order chi connectivity index (χ1) is 6.82. The van der Waals surface area contributed by atoms with Crippen LogP contribution in [0.4, 0.5) is 4.79 Å². The number of primary amides is 1. The third-order valence-electron chi connectivity index (χ3n) is 2.46. The molecule has 0 aromatic carbocycles. The molecule has 2 amide bonds. The molecule has 0 spiro atoms. The Kier molecular flexibility index (Phi) is 3.21. The molecule has 0 aromatic heterocycles. The van der Waals surface area contributed by atoms with Crippen LogP contribution in [-0.4, -0.2) is 35.1 Å². The first-order valence-electron chi connectivity index (χ1n) is 5.10. The van der Waals surface area contributed by atoms with Gasteiger partial charge in [0.15, 0.2) is 6.10 Å². The topological polar surface area (TPSA) is 72.6 Å². The van der Waals surface area contributed by atoms with Crippen LogP contribution in [0, 0.1) is 0 Å². The summed E-state index contributed by atoms with van der Waals surface area (Å²) in [5, 5.41) is 0. The molecule has 1 aliphatic heterocycles. The molecule has 0 unspecified atom stereocenters. The zero-order valence-electron chi connectivity index (χ0n) is 9.45. The van der Waals surface area contributed by atoms with Gasteiger partial charge in [-0.15, -0.1) is 0 Å². The van der Waals surface area contributed by atoms with Crippen molar-refractivity contribution in [1.29, 1.82) is 0 Å². The average Bonchev–Trinajstić information content (AvgIpc) is 2.05. The van der Waals surface area contributed by atoms with Crippen molar-refractivity contribution in [3.05, 3.63) is 0 Å². The molecule has 0 radical (unpaired) electrons. The highest BCUT2D eigenvalue weighted by atomic mass is 16.6. The molecule has 1 saturated heterocycles. The lowest BCUT2D eigenvalue weighted by Gasteiger charge is -2.40. The van der Waals surface area contributed by atoms with E-state index in [9.17, 15) is 9.59 Å². The minimum absolute atomic E-state index is 0.146. The Labute approximate surface area is 89.6 Å². The molecule has 0 aromatic rings. The van der Waals surface area contributed by atoms with Crippen molar-refractivity contribution < 1.29 is 14.3 Å². The molecule has 0 saturated carbocycles. The smallest absolute Gasteiger partial charge is 0.405 e. The molecule has 1 fully saturated rings. The Balaban J connectivity index is 2.71. The molecule has 5 nitrogen and oxygen atoms in total. The molecule has 0 aliphatic carbocycles. The number of nitrogens with zero attached hydrogens (tertiary/aromatic N) is 1. The minimum Gasteiger partial charge on any atom is -0.436 e. The first-order valence-corrected chi connectivity index (χ1v) is 5.10. The standard InChI is InChI=1S/C10H18N2O3/c1-10(2,3)12-6-4-5-7(8(12)13)15-9(11)14/h7H,4-6H2,1-3H3,(H2,11,14)/t7-/m0/s1. The highest BCUT2D eigenvalue weighted by Gasteiger charge is 2.36. The summed E-state index contributed by atoms with van der Waals surface area (Å²) in [5.41, 5.74) is 4.67. The maximum atomic E-state index is 11.9. The van der Waals surface area contributed by atoms with Crippen LogP contribution >= 0.6 is 0 Å². The second-order valence-electron chi connectivity index (χ2n) is 4.73. The SMILES string of the molecule is CC(C)(C)N1CCC[C@H](OC(N)=O)C1=O. The summed E-state index contributed by atoms with van der Waals surface area (Å²) in [5.74, 6) is -0.146. The third kappa shape index (κ3) is 2.84. The summed E-state index contributed by atoms with van der Waals surface area (Å²) in [6, 6.07) is 0. The molecule has 15 heavy (non-hydrogen) atoms. The number of piperidine rings is 1. The van der Waals surface area contributed by atoms with E-state index in [0.717, 1.165) is 6.42 Å². The molecular formula is C10H18N2O3. The van der Waals surface area contributed by atoms with E-state index in [4.69, 9.17) is 10.5 Å². The van der Waals surface area contributed by atoms with Gasteiger partial charge in [0.05, 0.1) is 0 Å². The van der Waals surface area contributed by atoms with Crippen LogP contribution in [0.15, 0.2) is 0 Å². The predicted molar refractivity (Wildman–Crippen MR) is 55.2 cm³/mol. The van der Waals surface area contributed by atoms with Crippen LogP contribution in [0.3, 0.4) is 0 Å². The van der Waals surface area contributed by atoms with Crippen molar-refractivity contribution in [2.75, 3.05) is 6.54 Å². The molecular weight excluding hydrogens is 196 g/mol. The zero-order chi connectivity index (χ0) is 11.6.